The summed E-state index contributed by atoms with van der Waals surface area (Å²) in [4.78, 5) is 17.4. The van der Waals surface area contributed by atoms with E-state index in [-0.39, 0.29) is 18.3 Å². The molecule has 0 aliphatic carbocycles. The lowest BCUT2D eigenvalue weighted by Crippen LogP contribution is -2.25. The lowest BCUT2D eigenvalue weighted by atomic mass is 10.1. The van der Waals surface area contributed by atoms with E-state index >= 15 is 0 Å². The predicted octanol–water partition coefficient (Wildman–Crippen LogP) is 4.98. The number of fused-ring (bicyclic) bond motifs is 1. The lowest BCUT2D eigenvalue weighted by Gasteiger charge is -2.19. The minimum atomic E-state index is -0.275. The van der Waals surface area contributed by atoms with E-state index < -0.39 is 0 Å². The van der Waals surface area contributed by atoms with Crippen molar-refractivity contribution in [3.05, 3.63) is 88.3 Å². The third kappa shape index (κ3) is 4.51. The number of amides is 1. The Morgan fingerprint density at radius 3 is 2.67 bits per heavy atom. The maximum absolute atomic E-state index is 13.5. The zero-order valence-electron chi connectivity index (χ0n) is 17.7. The Bertz CT molecular complexity index is 1380. The molecule has 4 aromatic rings. The van der Waals surface area contributed by atoms with Gasteiger partial charge in [-0.1, -0.05) is 12.1 Å². The molecule has 5 rings (SSSR count). The number of hydrogen-bond donors (Lipinski definition) is 1. The van der Waals surface area contributed by atoms with Gasteiger partial charge in [-0.3, -0.25) is 4.79 Å². The van der Waals surface area contributed by atoms with Gasteiger partial charge in [0, 0.05) is 10.9 Å². The number of carbonyl (C=O) groups excluding carboxylic acids is 1. The molecule has 2 heterocycles. The number of ether oxygens (including phenoxy) is 2. The molecule has 0 bridgehead atoms. The molecule has 6 nitrogen and oxygen atoms in total. The van der Waals surface area contributed by atoms with Crippen LogP contribution in [0, 0.1) is 5.82 Å². The largest absolute Gasteiger partial charge is 0.497 e. The van der Waals surface area contributed by atoms with Crippen LogP contribution in [-0.4, -0.2) is 24.2 Å². The highest BCUT2D eigenvalue weighted by Gasteiger charge is 2.18. The molecule has 33 heavy (non-hydrogen) atoms. The summed E-state index contributed by atoms with van der Waals surface area (Å²) in [5, 5.41) is 4.88. The third-order valence-electron chi connectivity index (χ3n) is 5.26. The molecule has 0 atom stereocenters. The number of hydrogen-bond acceptors (Lipinski definition) is 5. The van der Waals surface area contributed by atoms with Crippen LogP contribution in [-0.2, 0) is 11.3 Å². The summed E-state index contributed by atoms with van der Waals surface area (Å²) in [6.07, 6.45) is 0. The van der Waals surface area contributed by atoms with Crippen molar-refractivity contribution in [3.8, 4) is 22.8 Å². The van der Waals surface area contributed by atoms with Gasteiger partial charge >= 0.3 is 0 Å². The first-order valence-corrected chi connectivity index (χ1v) is 11.2. The first-order valence-electron chi connectivity index (χ1n) is 10.3. The number of methoxy groups -OCH3 is 1. The van der Waals surface area contributed by atoms with Gasteiger partial charge in [0.25, 0.3) is 5.91 Å². The normalized spacial score (nSPS) is 13.3. The number of benzene rings is 3. The van der Waals surface area contributed by atoms with Crippen LogP contribution in [0.3, 0.4) is 0 Å². The highest BCUT2D eigenvalue weighted by Crippen LogP contribution is 2.33. The summed E-state index contributed by atoms with van der Waals surface area (Å²) in [5.41, 5.74) is 4.22. The van der Waals surface area contributed by atoms with E-state index in [1.54, 1.807) is 19.2 Å². The van der Waals surface area contributed by atoms with Gasteiger partial charge in [0.05, 0.1) is 30.7 Å². The van der Waals surface area contributed by atoms with Crippen molar-refractivity contribution < 1.29 is 18.7 Å². The van der Waals surface area contributed by atoms with Crippen molar-refractivity contribution in [1.82, 2.24) is 4.57 Å². The molecule has 0 unspecified atom stereocenters. The molecule has 1 aliphatic rings. The minimum absolute atomic E-state index is 0.0141. The van der Waals surface area contributed by atoms with Gasteiger partial charge in [0.15, 0.2) is 11.4 Å². The van der Waals surface area contributed by atoms with Gasteiger partial charge in [0.2, 0.25) is 0 Å². The number of carbonyl (C=O) groups is 1. The van der Waals surface area contributed by atoms with Crippen molar-refractivity contribution in [3.63, 3.8) is 0 Å². The van der Waals surface area contributed by atoms with Crippen LogP contribution in [0.2, 0.25) is 0 Å². The Morgan fingerprint density at radius 1 is 1.12 bits per heavy atom. The van der Waals surface area contributed by atoms with Gasteiger partial charge in [-0.05, 0) is 60.2 Å². The Labute approximate surface area is 193 Å². The molecule has 1 N–H and O–H groups in total. The van der Waals surface area contributed by atoms with Crippen LogP contribution in [0.25, 0.3) is 11.3 Å². The Hall–Kier alpha value is -3.91. The Kier molecular flexibility index (Phi) is 5.66. The summed E-state index contributed by atoms with van der Waals surface area (Å²) < 4.78 is 26.2. The second-order valence-electron chi connectivity index (χ2n) is 7.47. The summed E-state index contributed by atoms with van der Waals surface area (Å²) in [6, 6.07) is 19.7. The highest BCUT2D eigenvalue weighted by atomic mass is 32.1. The summed E-state index contributed by atoms with van der Waals surface area (Å²) >= 11 is 1.51. The zero-order chi connectivity index (χ0) is 22.8. The SMILES string of the molecule is COc1ccc(N=c2scc(-c3ccc4c(c3)NC(=O)CO4)n2Cc2ccc(F)cc2)cc1. The number of rotatable bonds is 5. The average Bonchev–Trinajstić information content (AvgIpc) is 3.22. The molecule has 1 aliphatic heterocycles. The predicted molar refractivity (Wildman–Crippen MR) is 126 cm³/mol. The van der Waals surface area contributed by atoms with E-state index in [4.69, 9.17) is 14.5 Å². The van der Waals surface area contributed by atoms with Gasteiger partial charge in [-0.15, -0.1) is 11.3 Å². The number of halogens is 1. The maximum atomic E-state index is 13.5. The molecular weight excluding hydrogens is 441 g/mol. The minimum Gasteiger partial charge on any atom is -0.497 e. The fourth-order valence-corrected chi connectivity index (χ4v) is 4.51. The number of nitrogens with zero attached hydrogens (tertiary/aromatic N) is 2. The smallest absolute Gasteiger partial charge is 0.262 e. The molecule has 3 aromatic carbocycles. The molecule has 166 valence electrons. The van der Waals surface area contributed by atoms with Crippen LogP contribution >= 0.6 is 11.3 Å². The van der Waals surface area contributed by atoms with Crippen molar-refractivity contribution >= 4 is 28.6 Å². The highest BCUT2D eigenvalue weighted by molar-refractivity contribution is 7.07. The summed E-state index contributed by atoms with van der Waals surface area (Å²) in [7, 11) is 1.63. The van der Waals surface area contributed by atoms with Crippen molar-refractivity contribution in [2.24, 2.45) is 4.99 Å². The number of anilines is 1. The van der Waals surface area contributed by atoms with Gasteiger partial charge in [-0.25, -0.2) is 9.38 Å². The average molecular weight is 462 g/mol. The quantitative estimate of drug-likeness (QED) is 0.456. The molecule has 0 saturated carbocycles. The summed E-state index contributed by atoms with van der Waals surface area (Å²) in [5.74, 6) is 0.947. The van der Waals surface area contributed by atoms with Crippen molar-refractivity contribution in [1.29, 1.82) is 0 Å². The second kappa shape index (κ2) is 8.91. The lowest BCUT2D eigenvalue weighted by molar-refractivity contribution is -0.118. The van der Waals surface area contributed by atoms with Crippen LogP contribution in [0.5, 0.6) is 11.5 Å². The first kappa shape index (κ1) is 21.0. The molecule has 1 amide bonds. The molecular formula is C25H20FN3O3S. The van der Waals surface area contributed by atoms with Crippen LogP contribution in [0.4, 0.5) is 15.8 Å². The van der Waals surface area contributed by atoms with E-state index in [1.807, 2.05) is 47.8 Å². The number of thiazole rings is 1. The van der Waals surface area contributed by atoms with Crippen molar-refractivity contribution in [2.75, 3.05) is 19.0 Å². The molecule has 0 spiro atoms. The summed E-state index contributed by atoms with van der Waals surface area (Å²) in [6.45, 7) is 0.522. The van der Waals surface area contributed by atoms with Crippen molar-refractivity contribution in [2.45, 2.75) is 6.54 Å². The Balaban J connectivity index is 1.60. The van der Waals surface area contributed by atoms with E-state index in [1.165, 1.54) is 23.5 Å². The first-order chi connectivity index (χ1) is 16.1. The number of aromatic nitrogens is 1. The second-order valence-corrected chi connectivity index (χ2v) is 8.31. The van der Waals surface area contributed by atoms with Gasteiger partial charge in [0.1, 0.15) is 17.3 Å². The fraction of sp³-hybridized carbons (Fsp3) is 0.120. The molecule has 1 aromatic heterocycles. The molecule has 0 saturated heterocycles. The molecule has 0 fully saturated rings. The van der Waals surface area contributed by atoms with E-state index in [0.29, 0.717) is 18.0 Å². The Morgan fingerprint density at radius 2 is 1.91 bits per heavy atom. The third-order valence-corrected chi connectivity index (χ3v) is 6.12. The van der Waals surface area contributed by atoms with Crippen LogP contribution in [0.1, 0.15) is 5.56 Å². The standard InChI is InChI=1S/C25H20FN3O3S/c1-31-20-9-7-19(8-10-20)27-25-29(13-16-2-5-18(26)6-3-16)22(15-33-25)17-4-11-23-21(12-17)28-24(30)14-32-23/h2-12,15H,13-14H2,1H3,(H,28,30). The number of nitrogens with one attached hydrogen (secondary N) is 1. The fourth-order valence-electron chi connectivity index (χ4n) is 3.58. The zero-order valence-corrected chi connectivity index (χ0v) is 18.6. The van der Waals surface area contributed by atoms with Crippen LogP contribution < -0.4 is 19.6 Å². The van der Waals surface area contributed by atoms with E-state index in [9.17, 15) is 9.18 Å². The van der Waals surface area contributed by atoms with E-state index in [2.05, 4.69) is 9.88 Å². The molecule has 8 heteroatoms. The monoisotopic (exact) mass is 461 g/mol. The molecule has 0 radical (unpaired) electrons. The topological polar surface area (TPSA) is 64.8 Å². The maximum Gasteiger partial charge on any atom is 0.262 e. The van der Waals surface area contributed by atoms with Gasteiger partial charge in [-0.2, -0.15) is 0 Å². The van der Waals surface area contributed by atoms with Crippen LogP contribution in [0.15, 0.2) is 77.1 Å². The van der Waals surface area contributed by atoms with Gasteiger partial charge < -0.3 is 19.4 Å². The van der Waals surface area contributed by atoms with E-state index in [0.717, 1.165) is 33.1 Å².